The van der Waals surface area contributed by atoms with Gasteiger partial charge in [-0.15, -0.1) is 0 Å². The van der Waals surface area contributed by atoms with Crippen LogP contribution in [0.2, 0.25) is 0 Å². The van der Waals surface area contributed by atoms with Crippen LogP contribution in [0.1, 0.15) is 21.8 Å². The van der Waals surface area contributed by atoms with E-state index in [1.807, 2.05) is 0 Å². The third kappa shape index (κ3) is 32.0. The zero-order chi connectivity index (χ0) is 13.5. The van der Waals surface area contributed by atoms with Crippen molar-refractivity contribution in [3.05, 3.63) is 0 Å². The third-order valence-corrected chi connectivity index (χ3v) is 2.11. The molecule has 0 heterocycles. The second kappa shape index (κ2) is 23.1. The van der Waals surface area contributed by atoms with E-state index in [2.05, 4.69) is 17.8 Å². The molecule has 0 bridgehead atoms. The van der Waals surface area contributed by atoms with Crippen LogP contribution in [0.5, 0.6) is 0 Å². The van der Waals surface area contributed by atoms with E-state index < -0.39 is 18.9 Å². The molecule has 2 N–H and O–H groups in total. The van der Waals surface area contributed by atoms with Crippen LogP contribution in [-0.4, -0.2) is 35.1 Å². The van der Waals surface area contributed by atoms with Crippen LogP contribution >= 0.6 is 44.3 Å². The second-order valence-electron chi connectivity index (χ2n) is 1.68. The molecule has 0 aliphatic rings. The van der Waals surface area contributed by atoms with E-state index in [0.717, 1.165) is 11.1 Å². The lowest BCUT2D eigenvalue weighted by Gasteiger charge is -2.02. The third-order valence-electron chi connectivity index (χ3n) is 0.670. The molecule has 0 unspecified atom stereocenters. The molecule has 0 aromatic heterocycles. The van der Waals surface area contributed by atoms with Crippen LogP contribution in [-0.2, 0) is 22.6 Å². The zero-order valence-electron chi connectivity index (χ0n) is 8.68. The summed E-state index contributed by atoms with van der Waals surface area (Å²) in [5, 5.41) is 0. The zero-order valence-corrected chi connectivity index (χ0v) is 12.0. The van der Waals surface area contributed by atoms with E-state index in [-0.39, 0.29) is 14.9 Å². The van der Waals surface area contributed by atoms with Gasteiger partial charge in [0.1, 0.15) is 11.1 Å². The minimum absolute atomic E-state index is 0. The molecule has 0 amide bonds. The van der Waals surface area contributed by atoms with E-state index in [1.54, 1.807) is 0 Å². The van der Waals surface area contributed by atoms with E-state index in [9.17, 15) is 9.59 Å². The van der Waals surface area contributed by atoms with Gasteiger partial charge in [0.15, 0.2) is 11.1 Å². The number of ether oxygens (including phenoxy) is 2. The molecule has 118 valence electrons. The summed E-state index contributed by atoms with van der Waals surface area (Å²) in [6, 6.07) is 0. The lowest BCUT2D eigenvalue weighted by Crippen LogP contribution is -2.09. The Morgan fingerprint density at radius 3 is 1.95 bits per heavy atom. The Kier molecular flexibility index (Phi) is 33.3. The Morgan fingerprint density at radius 1 is 1.05 bits per heavy atom. The lowest BCUT2D eigenvalue weighted by molar-refractivity contribution is -0.149. The van der Waals surface area contributed by atoms with Crippen molar-refractivity contribution in [2.24, 2.45) is 0 Å². The van der Waals surface area contributed by atoms with E-state index in [4.69, 9.17) is 9.11 Å². The maximum Gasteiger partial charge on any atom is 0.524 e. The Balaban J connectivity index is -0.000000165. The number of hydrogen-bond donors (Lipinski definition) is 2. The molecule has 0 saturated carbocycles. The van der Waals surface area contributed by atoms with Crippen LogP contribution in [0.15, 0.2) is 0 Å². The number of carbonyl (C=O) groups excluding carboxylic acids is 2. The highest BCUT2D eigenvalue weighted by atomic mass is 33.1. The summed E-state index contributed by atoms with van der Waals surface area (Å²) in [6.07, 6.45) is -0.948. The maximum absolute atomic E-state index is 10.6. The predicted octanol–water partition coefficient (Wildman–Crippen LogP) is 4.10. The van der Waals surface area contributed by atoms with E-state index >= 15 is 0 Å². The fraction of sp³-hybridized carbons (Fsp3) is 0.714. The summed E-state index contributed by atoms with van der Waals surface area (Å²) < 4.78 is 32.5. The average molecular weight is 358 g/mol. The van der Waals surface area contributed by atoms with Crippen molar-refractivity contribution in [2.75, 3.05) is 13.9 Å². The van der Waals surface area contributed by atoms with Gasteiger partial charge in [0, 0.05) is 6.92 Å². The summed E-state index contributed by atoms with van der Waals surface area (Å²) in [6.45, 7) is 0.747. The van der Waals surface area contributed by atoms with Crippen LogP contribution in [0.3, 0.4) is 0 Å². The van der Waals surface area contributed by atoms with Gasteiger partial charge in [-0.25, -0.2) is 4.79 Å². The molecule has 0 atom stereocenters. The summed E-state index contributed by atoms with van der Waals surface area (Å²) in [5.74, 6) is -0.535. The minimum Gasteiger partial charge on any atom is -0.428 e. The normalized spacial score (nSPS) is 7.79. The van der Waals surface area contributed by atoms with Crippen LogP contribution in [0, 0.1) is 0 Å². The summed E-state index contributed by atoms with van der Waals surface area (Å²) >= 11 is 2.22. The highest BCUT2D eigenvalue weighted by molar-refractivity contribution is 8.73. The first-order chi connectivity index (χ1) is 8.08. The largest absolute Gasteiger partial charge is 0.524 e. The monoisotopic (exact) mass is 358 g/mol. The maximum atomic E-state index is 10.6. The molecule has 19 heavy (non-hydrogen) atoms. The SMILES string of the molecule is C.C.COSSOC(=O)OCOC(C)=O.OSSO. The molecule has 0 aliphatic carbocycles. The molecule has 12 heteroatoms. The number of hydrogen-bond acceptors (Lipinski definition) is 12. The van der Waals surface area contributed by atoms with Crippen molar-refractivity contribution in [1.29, 1.82) is 0 Å². The van der Waals surface area contributed by atoms with Crippen LogP contribution in [0.4, 0.5) is 4.79 Å². The number of carbonyl (C=O) groups is 2. The standard InChI is InChI=1S/C5H8O6S2.2CH4.H2O2S2/c1-4(6)9-3-10-5(7)11-13-12-8-2;;;1-3-4-2/h3H2,1-2H3;2*1H4;1-2H. The van der Waals surface area contributed by atoms with Gasteiger partial charge >= 0.3 is 12.1 Å². The molecule has 0 spiro atoms. The summed E-state index contributed by atoms with van der Waals surface area (Å²) in [7, 11) is 1.42. The van der Waals surface area contributed by atoms with Gasteiger partial charge in [-0.3, -0.25) is 4.79 Å². The Labute approximate surface area is 128 Å². The van der Waals surface area contributed by atoms with Gasteiger partial charge in [-0.05, 0) is 0 Å². The fourth-order valence-corrected chi connectivity index (χ4v) is 0.858. The van der Waals surface area contributed by atoms with Crippen molar-refractivity contribution in [2.45, 2.75) is 21.8 Å². The molecule has 0 radical (unpaired) electrons. The van der Waals surface area contributed by atoms with Crippen LogP contribution < -0.4 is 0 Å². The molecule has 0 aliphatic heterocycles. The van der Waals surface area contributed by atoms with Crippen LogP contribution in [0.25, 0.3) is 0 Å². The Hall–Kier alpha value is 0.0200. The molecule has 0 fully saturated rings. The van der Waals surface area contributed by atoms with Crippen molar-refractivity contribution < 1.29 is 36.5 Å². The van der Waals surface area contributed by atoms with E-state index in [1.165, 1.54) is 14.0 Å². The topological polar surface area (TPSA) is 112 Å². The number of rotatable bonds is 6. The van der Waals surface area contributed by atoms with Crippen molar-refractivity contribution in [3.8, 4) is 0 Å². The smallest absolute Gasteiger partial charge is 0.428 e. The van der Waals surface area contributed by atoms with Crippen molar-refractivity contribution in [3.63, 3.8) is 0 Å². The Bertz CT molecular complexity index is 204. The molecule has 0 rings (SSSR count). The van der Waals surface area contributed by atoms with E-state index in [0.29, 0.717) is 33.2 Å². The van der Waals surface area contributed by atoms with Gasteiger partial charge in [0.25, 0.3) is 0 Å². The van der Waals surface area contributed by atoms with Crippen molar-refractivity contribution in [1.82, 2.24) is 0 Å². The minimum atomic E-state index is -0.948. The van der Waals surface area contributed by atoms with Crippen molar-refractivity contribution >= 4 is 56.4 Å². The molecule has 8 nitrogen and oxygen atoms in total. The first-order valence-electron chi connectivity index (χ1n) is 3.54. The quantitative estimate of drug-likeness (QED) is 0.234. The van der Waals surface area contributed by atoms with Gasteiger partial charge in [-0.2, -0.15) is 0 Å². The first-order valence-corrected chi connectivity index (χ1v) is 7.60. The van der Waals surface area contributed by atoms with Gasteiger partial charge in [0.2, 0.25) is 6.79 Å². The molecule has 0 aromatic rings. The van der Waals surface area contributed by atoms with Gasteiger partial charge in [-0.1, -0.05) is 14.9 Å². The summed E-state index contributed by atoms with van der Waals surface area (Å²) in [5.41, 5.74) is 0. The predicted molar refractivity (Wildman–Crippen MR) is 80.3 cm³/mol. The first kappa shape index (κ1) is 27.4. The fourth-order valence-electron chi connectivity index (χ4n) is 0.254. The second-order valence-corrected chi connectivity index (χ2v) is 4.46. The number of esters is 1. The Morgan fingerprint density at radius 2 is 1.58 bits per heavy atom. The summed E-state index contributed by atoms with van der Waals surface area (Å²) in [4.78, 5) is 20.8. The molecular formula is C7H18O8S4. The highest BCUT2D eigenvalue weighted by Gasteiger charge is 2.05. The van der Waals surface area contributed by atoms with Gasteiger partial charge in [0.05, 0.1) is 29.3 Å². The molecule has 0 saturated heterocycles. The van der Waals surface area contributed by atoms with Gasteiger partial charge < -0.3 is 26.9 Å². The lowest BCUT2D eigenvalue weighted by atomic mass is 10.8. The molecule has 0 aromatic carbocycles. The average Bonchev–Trinajstić information content (AvgIpc) is 2.29. The highest BCUT2D eigenvalue weighted by Crippen LogP contribution is 2.22. The molecular weight excluding hydrogens is 340 g/mol.